The molecular weight excluding hydrogens is 255 g/mol. The molecule has 1 aromatic rings. The van der Waals surface area contributed by atoms with Crippen LogP contribution in [0.2, 0.25) is 5.82 Å². The van der Waals surface area contributed by atoms with Gasteiger partial charge >= 0.3 is 11.9 Å². The number of hydrogen-bond donors (Lipinski definition) is 0. The second-order valence-electron chi connectivity index (χ2n) is 5.01. The van der Waals surface area contributed by atoms with Gasteiger partial charge in [-0.2, -0.15) is 0 Å². The molecule has 0 bridgehead atoms. The van der Waals surface area contributed by atoms with Gasteiger partial charge in [0.2, 0.25) is 0 Å². The number of rotatable bonds is 6. The van der Waals surface area contributed by atoms with Crippen molar-refractivity contribution in [2.45, 2.75) is 39.1 Å². The van der Waals surface area contributed by atoms with E-state index in [1.165, 1.54) is 0 Å². The average Bonchev–Trinajstić information content (AvgIpc) is 2.39. The summed E-state index contributed by atoms with van der Waals surface area (Å²) in [6.45, 7) is 5.81. The lowest BCUT2D eigenvalue weighted by molar-refractivity contribution is -0.142. The number of carbonyl (C=O) groups is 2. The smallest absolute Gasteiger partial charge is 0.338 e. The number of carbonyl (C=O) groups excluding carboxylic acids is 2. The van der Waals surface area contributed by atoms with Crippen LogP contribution in [0.1, 0.15) is 36.7 Å². The topological polar surface area (TPSA) is 52.6 Å². The highest BCUT2D eigenvalue weighted by Crippen LogP contribution is 2.14. The molecular formula is C15H21BO4. The highest BCUT2D eigenvalue weighted by molar-refractivity contribution is 6.22. The Hall–Kier alpha value is -1.78. The van der Waals surface area contributed by atoms with Crippen molar-refractivity contribution in [2.24, 2.45) is 0 Å². The van der Waals surface area contributed by atoms with Crippen molar-refractivity contribution < 1.29 is 19.1 Å². The van der Waals surface area contributed by atoms with Gasteiger partial charge in [0, 0.05) is 5.82 Å². The third kappa shape index (κ3) is 5.07. The molecule has 0 amide bonds. The van der Waals surface area contributed by atoms with E-state index in [2.05, 4.69) is 0 Å². The van der Waals surface area contributed by atoms with Gasteiger partial charge in [0.15, 0.2) is 0 Å². The maximum atomic E-state index is 11.7. The summed E-state index contributed by atoms with van der Waals surface area (Å²) in [4.78, 5) is 23.2. The van der Waals surface area contributed by atoms with Gasteiger partial charge in [-0.3, -0.25) is 4.79 Å². The molecule has 1 rings (SSSR count). The van der Waals surface area contributed by atoms with Gasteiger partial charge in [-0.15, -0.1) is 0 Å². The van der Waals surface area contributed by atoms with Crippen LogP contribution in [0.15, 0.2) is 24.3 Å². The van der Waals surface area contributed by atoms with Gasteiger partial charge < -0.3 is 9.47 Å². The minimum Gasteiger partial charge on any atom is -0.466 e. The summed E-state index contributed by atoms with van der Waals surface area (Å²) in [6.07, 6.45) is 0.462. The van der Waals surface area contributed by atoms with Gasteiger partial charge in [-0.25, -0.2) is 4.79 Å². The molecule has 0 aliphatic carbocycles. The molecule has 20 heavy (non-hydrogen) atoms. The quantitative estimate of drug-likeness (QED) is 0.587. The largest absolute Gasteiger partial charge is 0.466 e. The Morgan fingerprint density at radius 2 is 1.80 bits per heavy atom. The summed E-state index contributed by atoms with van der Waals surface area (Å²) < 4.78 is 10.1. The van der Waals surface area contributed by atoms with Crippen LogP contribution in [0.25, 0.3) is 0 Å². The van der Waals surface area contributed by atoms with E-state index in [1.807, 2.05) is 33.8 Å². The molecule has 1 unspecified atom stereocenters. The molecule has 0 heterocycles. The van der Waals surface area contributed by atoms with Crippen molar-refractivity contribution in [1.82, 2.24) is 0 Å². The summed E-state index contributed by atoms with van der Waals surface area (Å²) in [5.41, 5.74) is 1.51. The predicted octanol–water partition coefficient (Wildman–Crippen LogP) is 1.78. The minimum atomic E-state index is -0.329. The molecule has 0 saturated carbocycles. The fraction of sp³-hybridized carbons (Fsp3) is 0.467. The fourth-order valence-electron chi connectivity index (χ4n) is 1.78. The Balaban J connectivity index is 2.62. The van der Waals surface area contributed by atoms with Gasteiger partial charge in [0.1, 0.15) is 7.85 Å². The summed E-state index contributed by atoms with van der Waals surface area (Å²) in [5.74, 6) is -0.718. The van der Waals surface area contributed by atoms with Crippen molar-refractivity contribution >= 4 is 19.8 Å². The van der Waals surface area contributed by atoms with E-state index in [0.29, 0.717) is 18.6 Å². The molecule has 0 radical (unpaired) electrons. The van der Waals surface area contributed by atoms with Crippen LogP contribution in [-0.2, 0) is 20.7 Å². The molecule has 0 N–H and O–H groups in total. The molecule has 0 fully saturated rings. The first kappa shape index (κ1) is 16.3. The van der Waals surface area contributed by atoms with Crippen LogP contribution in [0.5, 0.6) is 0 Å². The Kier molecular flexibility index (Phi) is 6.29. The van der Waals surface area contributed by atoms with Gasteiger partial charge in [0.05, 0.1) is 18.3 Å². The van der Waals surface area contributed by atoms with E-state index in [-0.39, 0.29) is 23.9 Å². The van der Waals surface area contributed by atoms with E-state index in [0.717, 1.165) is 5.56 Å². The molecule has 0 spiro atoms. The van der Waals surface area contributed by atoms with Gasteiger partial charge in [-0.05, 0) is 44.9 Å². The zero-order chi connectivity index (χ0) is 15.1. The molecule has 1 aromatic carbocycles. The Morgan fingerprint density at radius 3 is 2.30 bits per heavy atom. The van der Waals surface area contributed by atoms with Crippen molar-refractivity contribution in [3.63, 3.8) is 0 Å². The lowest BCUT2D eigenvalue weighted by Gasteiger charge is -2.11. The normalized spacial score (nSPS) is 12.0. The zero-order valence-corrected chi connectivity index (χ0v) is 12.5. The third-order valence-corrected chi connectivity index (χ3v) is 2.76. The Labute approximate surface area is 120 Å². The maximum absolute atomic E-state index is 11.7. The standard InChI is InChI=1S/C15H21BO4/c1-4-19-15(18)13(16)9-11-5-7-12(8-6-11)14(17)20-10(2)3/h5-8,10,13H,4,9,16H2,1-3H3. The first-order valence-electron chi connectivity index (χ1n) is 6.90. The van der Waals surface area contributed by atoms with Crippen LogP contribution in [0, 0.1) is 0 Å². The highest BCUT2D eigenvalue weighted by atomic mass is 16.5. The highest BCUT2D eigenvalue weighted by Gasteiger charge is 2.15. The lowest BCUT2D eigenvalue weighted by Crippen LogP contribution is -2.15. The molecule has 5 heteroatoms. The van der Waals surface area contributed by atoms with Crippen LogP contribution in [0.3, 0.4) is 0 Å². The number of hydrogen-bond acceptors (Lipinski definition) is 4. The van der Waals surface area contributed by atoms with Crippen LogP contribution >= 0.6 is 0 Å². The number of esters is 2. The maximum Gasteiger partial charge on any atom is 0.338 e. The van der Waals surface area contributed by atoms with E-state index in [4.69, 9.17) is 9.47 Å². The van der Waals surface area contributed by atoms with E-state index < -0.39 is 0 Å². The van der Waals surface area contributed by atoms with Gasteiger partial charge in [0.25, 0.3) is 0 Å². The van der Waals surface area contributed by atoms with E-state index >= 15 is 0 Å². The van der Waals surface area contributed by atoms with Crippen molar-refractivity contribution in [2.75, 3.05) is 6.61 Å². The predicted molar refractivity (Wildman–Crippen MR) is 79.6 cm³/mol. The zero-order valence-electron chi connectivity index (χ0n) is 12.5. The van der Waals surface area contributed by atoms with Crippen molar-refractivity contribution in [3.8, 4) is 0 Å². The van der Waals surface area contributed by atoms with Gasteiger partial charge in [-0.1, -0.05) is 12.1 Å². The summed E-state index contributed by atoms with van der Waals surface area (Å²) in [7, 11) is 1.83. The van der Waals surface area contributed by atoms with Crippen molar-refractivity contribution in [1.29, 1.82) is 0 Å². The Bertz CT molecular complexity index is 453. The third-order valence-electron chi connectivity index (χ3n) is 2.76. The second-order valence-corrected chi connectivity index (χ2v) is 5.01. The SMILES string of the molecule is BC(Cc1ccc(C(=O)OC(C)C)cc1)C(=O)OCC. The van der Waals surface area contributed by atoms with Crippen LogP contribution < -0.4 is 0 Å². The first-order chi connectivity index (χ1) is 9.43. The Morgan fingerprint density at radius 1 is 1.20 bits per heavy atom. The molecule has 0 aliphatic heterocycles. The fourth-order valence-corrected chi connectivity index (χ4v) is 1.78. The molecule has 108 valence electrons. The lowest BCUT2D eigenvalue weighted by atomic mass is 9.82. The number of ether oxygens (including phenoxy) is 2. The first-order valence-corrected chi connectivity index (χ1v) is 6.90. The molecule has 1 atom stereocenters. The molecule has 0 saturated heterocycles. The summed E-state index contributed by atoms with van der Waals surface area (Å²) in [5, 5.41) is 0. The molecule has 0 aliphatic rings. The monoisotopic (exact) mass is 276 g/mol. The molecule has 0 aromatic heterocycles. The van der Waals surface area contributed by atoms with Crippen molar-refractivity contribution in [3.05, 3.63) is 35.4 Å². The van der Waals surface area contributed by atoms with E-state index in [9.17, 15) is 9.59 Å². The van der Waals surface area contributed by atoms with Crippen LogP contribution in [0.4, 0.5) is 0 Å². The second kappa shape index (κ2) is 7.73. The average molecular weight is 276 g/mol. The summed E-state index contributed by atoms with van der Waals surface area (Å²) >= 11 is 0. The number of benzene rings is 1. The van der Waals surface area contributed by atoms with Crippen LogP contribution in [-0.4, -0.2) is 32.5 Å². The minimum absolute atomic E-state index is 0.133. The summed E-state index contributed by atoms with van der Waals surface area (Å²) in [6, 6.07) is 7.12. The van der Waals surface area contributed by atoms with E-state index in [1.54, 1.807) is 19.1 Å². The molecule has 4 nitrogen and oxygen atoms in total.